The van der Waals surface area contributed by atoms with Crippen LogP contribution in [0.5, 0.6) is 0 Å². The van der Waals surface area contributed by atoms with Gasteiger partial charge in [0.25, 0.3) is 0 Å². The lowest BCUT2D eigenvalue weighted by Crippen LogP contribution is -2.45. The Morgan fingerprint density at radius 3 is 2.88 bits per heavy atom. The Labute approximate surface area is 98.1 Å². The average Bonchev–Trinajstić information content (AvgIpc) is 2.22. The van der Waals surface area contributed by atoms with Gasteiger partial charge in [0.15, 0.2) is 0 Å². The number of piperidine rings is 1. The number of rotatable bonds is 2. The Morgan fingerprint density at radius 1 is 1.38 bits per heavy atom. The van der Waals surface area contributed by atoms with E-state index in [1.54, 1.807) is 0 Å². The highest BCUT2D eigenvalue weighted by molar-refractivity contribution is 4.80. The molecule has 0 aromatic carbocycles. The summed E-state index contributed by atoms with van der Waals surface area (Å²) in [5, 5.41) is 0. The minimum absolute atomic E-state index is 0.247. The Kier molecular flexibility index (Phi) is 4.20. The largest absolute Gasteiger partial charge is 0.374 e. The number of hydrogen-bond donors (Lipinski definition) is 0. The molecule has 0 unspecified atom stereocenters. The first kappa shape index (κ1) is 12.3. The molecule has 2 aliphatic rings. The van der Waals surface area contributed by atoms with Crippen molar-refractivity contribution in [2.24, 2.45) is 11.8 Å². The summed E-state index contributed by atoms with van der Waals surface area (Å²) in [7, 11) is 0. The Hall–Kier alpha value is -0.150. The second kappa shape index (κ2) is 5.46. The molecule has 0 N–H and O–H groups in total. The summed E-state index contributed by atoms with van der Waals surface area (Å²) in [6.07, 6.45) is 2.83. The summed E-state index contributed by atoms with van der Waals surface area (Å²) in [5.41, 5.74) is 0. The topological polar surface area (TPSA) is 12.5 Å². The summed E-state index contributed by atoms with van der Waals surface area (Å²) in [6.45, 7) is 8.11. The monoisotopic (exact) mass is 229 g/mol. The minimum atomic E-state index is -0.744. The highest BCUT2D eigenvalue weighted by Gasteiger charge is 2.30. The van der Waals surface area contributed by atoms with Crippen LogP contribution in [0.15, 0.2) is 0 Å². The van der Waals surface area contributed by atoms with Gasteiger partial charge in [0.2, 0.25) is 0 Å². The quantitative estimate of drug-likeness (QED) is 0.721. The SMILES string of the molecule is C[C@@H]1CCCN(C[C@H]2OC[C@H](F)C[C@@H]2C)C1. The lowest BCUT2D eigenvalue weighted by atomic mass is 9.93. The molecule has 0 radical (unpaired) electrons. The molecular formula is C13H24FNO. The molecule has 0 bridgehead atoms. The maximum atomic E-state index is 13.1. The fraction of sp³-hybridized carbons (Fsp3) is 1.00. The van der Waals surface area contributed by atoms with Crippen LogP contribution in [0.4, 0.5) is 4.39 Å². The van der Waals surface area contributed by atoms with Gasteiger partial charge >= 0.3 is 0 Å². The molecule has 0 aromatic heterocycles. The normalized spacial score (nSPS) is 42.2. The molecule has 2 saturated heterocycles. The van der Waals surface area contributed by atoms with Gasteiger partial charge < -0.3 is 9.64 Å². The van der Waals surface area contributed by atoms with Gasteiger partial charge in [-0.25, -0.2) is 4.39 Å². The lowest BCUT2D eigenvalue weighted by molar-refractivity contribution is -0.0752. The molecule has 4 atom stereocenters. The standard InChI is InChI=1S/C13H24FNO/c1-10-4-3-5-15(7-10)8-13-11(2)6-12(14)9-16-13/h10-13H,3-9H2,1-2H3/t10-,11+,12-,13-/m1/s1. The van der Waals surface area contributed by atoms with E-state index in [1.807, 2.05) is 0 Å². The van der Waals surface area contributed by atoms with E-state index in [0.717, 1.165) is 12.5 Å². The fourth-order valence-corrected chi connectivity index (χ4v) is 2.96. The molecule has 0 aromatic rings. The molecular weight excluding hydrogens is 205 g/mol. The number of likely N-dealkylation sites (tertiary alicyclic amines) is 1. The first-order chi connectivity index (χ1) is 7.65. The van der Waals surface area contributed by atoms with Gasteiger partial charge in [0, 0.05) is 13.1 Å². The molecule has 0 amide bonds. The predicted octanol–water partition coefficient (Wildman–Crippen LogP) is 2.48. The van der Waals surface area contributed by atoms with Gasteiger partial charge in [-0.05, 0) is 37.6 Å². The summed E-state index contributed by atoms with van der Waals surface area (Å²) < 4.78 is 18.7. The molecule has 16 heavy (non-hydrogen) atoms. The van der Waals surface area contributed by atoms with Gasteiger partial charge in [-0.15, -0.1) is 0 Å². The first-order valence-corrected chi connectivity index (χ1v) is 6.63. The van der Waals surface area contributed by atoms with Crippen LogP contribution in [0.2, 0.25) is 0 Å². The van der Waals surface area contributed by atoms with E-state index in [9.17, 15) is 4.39 Å². The van der Waals surface area contributed by atoms with E-state index in [2.05, 4.69) is 18.7 Å². The van der Waals surface area contributed by atoms with E-state index >= 15 is 0 Å². The Balaban J connectivity index is 1.80. The molecule has 2 rings (SSSR count). The summed E-state index contributed by atoms with van der Waals surface area (Å²) in [6, 6.07) is 0. The molecule has 0 aliphatic carbocycles. The molecule has 0 saturated carbocycles. The van der Waals surface area contributed by atoms with Crippen molar-refractivity contribution in [2.45, 2.75) is 45.4 Å². The molecule has 2 nitrogen and oxygen atoms in total. The predicted molar refractivity (Wildman–Crippen MR) is 63.3 cm³/mol. The summed E-state index contributed by atoms with van der Waals surface area (Å²) in [4.78, 5) is 2.49. The van der Waals surface area contributed by atoms with E-state index in [1.165, 1.54) is 25.9 Å². The van der Waals surface area contributed by atoms with Gasteiger partial charge in [0.05, 0.1) is 12.7 Å². The van der Waals surface area contributed by atoms with Crippen LogP contribution in [0.1, 0.15) is 33.1 Å². The number of hydrogen-bond acceptors (Lipinski definition) is 2. The zero-order chi connectivity index (χ0) is 11.5. The van der Waals surface area contributed by atoms with Crippen molar-refractivity contribution in [1.82, 2.24) is 4.90 Å². The van der Waals surface area contributed by atoms with Crippen LogP contribution < -0.4 is 0 Å². The van der Waals surface area contributed by atoms with Crippen LogP contribution in [0.25, 0.3) is 0 Å². The first-order valence-electron chi connectivity index (χ1n) is 6.63. The van der Waals surface area contributed by atoms with Crippen molar-refractivity contribution in [2.75, 3.05) is 26.2 Å². The zero-order valence-electron chi connectivity index (χ0n) is 10.5. The van der Waals surface area contributed by atoms with Crippen molar-refractivity contribution in [1.29, 1.82) is 0 Å². The Morgan fingerprint density at radius 2 is 2.19 bits per heavy atom. The van der Waals surface area contributed by atoms with Crippen LogP contribution in [0, 0.1) is 11.8 Å². The van der Waals surface area contributed by atoms with Gasteiger partial charge in [-0.2, -0.15) is 0 Å². The zero-order valence-corrected chi connectivity index (χ0v) is 10.5. The average molecular weight is 229 g/mol. The number of halogens is 1. The maximum Gasteiger partial charge on any atom is 0.124 e. The third-order valence-electron chi connectivity index (χ3n) is 3.93. The van der Waals surface area contributed by atoms with E-state index < -0.39 is 6.17 Å². The molecule has 3 heteroatoms. The van der Waals surface area contributed by atoms with Crippen molar-refractivity contribution in [3.63, 3.8) is 0 Å². The van der Waals surface area contributed by atoms with Gasteiger partial charge in [-0.3, -0.25) is 0 Å². The summed E-state index contributed by atoms with van der Waals surface area (Å²) >= 11 is 0. The molecule has 2 aliphatic heterocycles. The Bertz CT molecular complexity index is 224. The van der Waals surface area contributed by atoms with E-state index in [0.29, 0.717) is 18.9 Å². The minimum Gasteiger partial charge on any atom is -0.374 e. The number of alkyl halides is 1. The van der Waals surface area contributed by atoms with Crippen molar-refractivity contribution >= 4 is 0 Å². The van der Waals surface area contributed by atoms with Crippen LogP contribution in [-0.4, -0.2) is 43.4 Å². The van der Waals surface area contributed by atoms with Gasteiger partial charge in [-0.1, -0.05) is 13.8 Å². The smallest absolute Gasteiger partial charge is 0.124 e. The maximum absolute atomic E-state index is 13.1. The third kappa shape index (κ3) is 3.17. The second-order valence-electron chi connectivity index (χ2n) is 5.69. The van der Waals surface area contributed by atoms with E-state index in [4.69, 9.17) is 4.74 Å². The molecule has 2 fully saturated rings. The van der Waals surface area contributed by atoms with Crippen LogP contribution >= 0.6 is 0 Å². The lowest BCUT2D eigenvalue weighted by Gasteiger charge is -2.38. The fourth-order valence-electron chi connectivity index (χ4n) is 2.96. The third-order valence-corrected chi connectivity index (χ3v) is 3.93. The van der Waals surface area contributed by atoms with Crippen molar-refractivity contribution in [3.8, 4) is 0 Å². The molecule has 2 heterocycles. The summed E-state index contributed by atoms with van der Waals surface area (Å²) in [5.74, 6) is 1.17. The van der Waals surface area contributed by atoms with Crippen LogP contribution in [0.3, 0.4) is 0 Å². The molecule has 94 valence electrons. The number of ether oxygens (including phenoxy) is 1. The van der Waals surface area contributed by atoms with Gasteiger partial charge in [0.1, 0.15) is 6.17 Å². The highest BCUT2D eigenvalue weighted by atomic mass is 19.1. The highest BCUT2D eigenvalue weighted by Crippen LogP contribution is 2.25. The van der Waals surface area contributed by atoms with Crippen LogP contribution in [-0.2, 0) is 4.74 Å². The van der Waals surface area contributed by atoms with Crippen molar-refractivity contribution in [3.05, 3.63) is 0 Å². The number of nitrogens with zero attached hydrogens (tertiary/aromatic N) is 1. The van der Waals surface area contributed by atoms with Crippen molar-refractivity contribution < 1.29 is 9.13 Å². The van der Waals surface area contributed by atoms with E-state index in [-0.39, 0.29) is 6.10 Å². The second-order valence-corrected chi connectivity index (χ2v) is 5.69. The molecule has 0 spiro atoms.